The molecule has 0 aliphatic rings. The van der Waals surface area contributed by atoms with Crippen LogP contribution in [-0.4, -0.2) is 21.3 Å². The Morgan fingerprint density at radius 2 is 1.06 bits per heavy atom. The van der Waals surface area contributed by atoms with E-state index in [9.17, 15) is 4.79 Å². The minimum absolute atomic E-state index is 0.0159. The van der Waals surface area contributed by atoms with Crippen LogP contribution in [0.1, 0.15) is 0 Å². The van der Waals surface area contributed by atoms with Gasteiger partial charge < -0.3 is 23.0 Å². The monoisotopic (exact) mass is 428 g/mol. The molecule has 0 spiro atoms. The van der Waals surface area contributed by atoms with E-state index in [1.165, 1.54) is 21.3 Å². The van der Waals surface area contributed by atoms with Crippen molar-refractivity contribution in [2.75, 3.05) is 21.3 Å². The standard InChI is InChI=1S/C26H20O6/c1-28-24-17(21-12-15-8-4-6-10-19(15)31-21)14-18(25(29-2)26(30-3)23(24)27)22-13-16-9-5-7-11-20(16)32-22/h4-14H,1-3H3. The summed E-state index contributed by atoms with van der Waals surface area (Å²) in [5.74, 6) is 1.36. The Balaban J connectivity index is 1.89. The van der Waals surface area contributed by atoms with Crippen LogP contribution in [0.25, 0.3) is 44.6 Å². The third-order valence-corrected chi connectivity index (χ3v) is 5.39. The number of rotatable bonds is 5. The zero-order chi connectivity index (χ0) is 22.2. The van der Waals surface area contributed by atoms with Crippen molar-refractivity contribution in [3.8, 4) is 39.9 Å². The van der Waals surface area contributed by atoms with E-state index >= 15 is 0 Å². The minimum atomic E-state index is -0.454. The molecule has 0 N–H and O–H groups in total. The lowest BCUT2D eigenvalue weighted by molar-refractivity contribution is 0.349. The van der Waals surface area contributed by atoms with Crippen molar-refractivity contribution in [2.24, 2.45) is 0 Å². The summed E-state index contributed by atoms with van der Waals surface area (Å²) in [4.78, 5) is 13.4. The molecular weight excluding hydrogens is 408 g/mol. The summed E-state index contributed by atoms with van der Waals surface area (Å²) in [6.07, 6.45) is 0. The van der Waals surface area contributed by atoms with Gasteiger partial charge in [0.15, 0.2) is 11.5 Å². The summed E-state index contributed by atoms with van der Waals surface area (Å²) in [6, 6.07) is 20.8. The Morgan fingerprint density at radius 1 is 0.594 bits per heavy atom. The van der Waals surface area contributed by atoms with Crippen molar-refractivity contribution in [1.29, 1.82) is 0 Å². The van der Waals surface area contributed by atoms with Gasteiger partial charge in [-0.3, -0.25) is 4.79 Å². The molecule has 0 fully saturated rings. The summed E-state index contributed by atoms with van der Waals surface area (Å²) in [7, 11) is 4.34. The minimum Gasteiger partial charge on any atom is -0.492 e. The van der Waals surface area contributed by atoms with Crippen LogP contribution in [0.15, 0.2) is 80.4 Å². The molecular formula is C26H20O6. The molecule has 0 saturated carbocycles. The number of hydrogen-bond acceptors (Lipinski definition) is 6. The second kappa shape index (κ2) is 7.81. The molecule has 3 aromatic carbocycles. The number of benzene rings is 2. The van der Waals surface area contributed by atoms with Crippen LogP contribution in [0.3, 0.4) is 0 Å². The van der Waals surface area contributed by atoms with Crippen LogP contribution in [0, 0.1) is 0 Å². The van der Waals surface area contributed by atoms with E-state index < -0.39 is 5.43 Å². The number of fused-ring (bicyclic) bond motifs is 2. The lowest BCUT2D eigenvalue weighted by Gasteiger charge is -2.06. The second-order valence-electron chi connectivity index (χ2n) is 7.20. The van der Waals surface area contributed by atoms with Crippen molar-refractivity contribution in [3.63, 3.8) is 0 Å². The second-order valence-corrected chi connectivity index (χ2v) is 7.20. The van der Waals surface area contributed by atoms with Crippen molar-refractivity contribution in [2.45, 2.75) is 0 Å². The topological polar surface area (TPSA) is 71.0 Å². The van der Waals surface area contributed by atoms with E-state index in [4.69, 9.17) is 23.0 Å². The van der Waals surface area contributed by atoms with Gasteiger partial charge in [-0.1, -0.05) is 36.4 Å². The predicted molar refractivity (Wildman–Crippen MR) is 123 cm³/mol. The molecule has 5 rings (SSSR count). The third-order valence-electron chi connectivity index (χ3n) is 5.39. The highest BCUT2D eigenvalue weighted by Crippen LogP contribution is 2.43. The van der Waals surface area contributed by atoms with Crippen LogP contribution in [-0.2, 0) is 0 Å². The first kappa shape index (κ1) is 19.8. The highest BCUT2D eigenvalue weighted by Gasteiger charge is 2.24. The molecule has 32 heavy (non-hydrogen) atoms. The molecule has 5 aromatic rings. The van der Waals surface area contributed by atoms with Crippen LogP contribution in [0.4, 0.5) is 0 Å². The van der Waals surface area contributed by atoms with Crippen molar-refractivity contribution in [3.05, 3.63) is 77.0 Å². The summed E-state index contributed by atoms with van der Waals surface area (Å²) < 4.78 is 28.8. The van der Waals surface area contributed by atoms with E-state index in [0.717, 1.165) is 16.4 Å². The van der Waals surface area contributed by atoms with Crippen molar-refractivity contribution >= 4 is 21.9 Å². The maximum absolute atomic E-state index is 13.4. The third kappa shape index (κ3) is 3.08. The molecule has 0 atom stereocenters. The van der Waals surface area contributed by atoms with Gasteiger partial charge in [0.1, 0.15) is 22.7 Å². The van der Waals surface area contributed by atoms with Crippen LogP contribution < -0.4 is 19.6 Å². The molecule has 0 radical (unpaired) electrons. The first-order valence-corrected chi connectivity index (χ1v) is 9.99. The number of methoxy groups -OCH3 is 3. The zero-order valence-corrected chi connectivity index (χ0v) is 17.8. The molecule has 160 valence electrons. The van der Waals surface area contributed by atoms with Crippen LogP contribution in [0.2, 0.25) is 0 Å². The predicted octanol–water partition coefficient (Wildman–Crippen LogP) is 5.90. The van der Waals surface area contributed by atoms with Gasteiger partial charge in [0.2, 0.25) is 5.75 Å². The Bertz CT molecular complexity index is 1440. The van der Waals surface area contributed by atoms with E-state index in [2.05, 4.69) is 0 Å². The van der Waals surface area contributed by atoms with Crippen molar-refractivity contribution in [1.82, 2.24) is 0 Å². The number of para-hydroxylation sites is 2. The van der Waals surface area contributed by atoms with E-state index in [0.29, 0.717) is 28.2 Å². The number of ether oxygens (including phenoxy) is 3. The zero-order valence-electron chi connectivity index (χ0n) is 17.8. The highest BCUT2D eigenvalue weighted by molar-refractivity contribution is 5.88. The van der Waals surface area contributed by atoms with Gasteiger partial charge in [-0.05, 0) is 30.3 Å². The summed E-state index contributed by atoms with van der Waals surface area (Å²) in [5.41, 5.74) is 1.97. The fourth-order valence-electron chi connectivity index (χ4n) is 3.91. The van der Waals surface area contributed by atoms with Gasteiger partial charge in [0.25, 0.3) is 5.43 Å². The summed E-state index contributed by atoms with van der Waals surface area (Å²) >= 11 is 0. The molecule has 0 unspecified atom stereocenters. The molecule has 0 saturated heterocycles. The van der Waals surface area contributed by atoms with Gasteiger partial charge in [0.05, 0.1) is 32.5 Å². The van der Waals surface area contributed by atoms with Gasteiger partial charge in [-0.15, -0.1) is 0 Å². The fraction of sp³-hybridized carbons (Fsp3) is 0.115. The van der Waals surface area contributed by atoms with Crippen LogP contribution >= 0.6 is 0 Å². The summed E-state index contributed by atoms with van der Waals surface area (Å²) in [6.45, 7) is 0. The van der Waals surface area contributed by atoms with E-state index in [-0.39, 0.29) is 17.2 Å². The number of furan rings is 2. The highest BCUT2D eigenvalue weighted by atomic mass is 16.5. The van der Waals surface area contributed by atoms with Gasteiger partial charge in [-0.2, -0.15) is 0 Å². The first-order chi connectivity index (χ1) is 15.6. The summed E-state index contributed by atoms with van der Waals surface area (Å²) in [5, 5.41) is 1.84. The molecule has 0 aliphatic carbocycles. The maximum atomic E-state index is 13.4. The Morgan fingerprint density at radius 3 is 1.53 bits per heavy atom. The number of hydrogen-bond donors (Lipinski definition) is 0. The van der Waals surface area contributed by atoms with E-state index in [1.807, 2.05) is 60.7 Å². The maximum Gasteiger partial charge on any atom is 0.266 e. The average Bonchev–Trinajstić information content (AvgIpc) is 3.41. The molecule has 2 aromatic heterocycles. The van der Waals surface area contributed by atoms with E-state index in [1.54, 1.807) is 6.07 Å². The lowest BCUT2D eigenvalue weighted by Crippen LogP contribution is -2.08. The smallest absolute Gasteiger partial charge is 0.266 e. The fourth-order valence-corrected chi connectivity index (χ4v) is 3.91. The van der Waals surface area contributed by atoms with Gasteiger partial charge in [-0.25, -0.2) is 0 Å². The van der Waals surface area contributed by atoms with Gasteiger partial charge in [0, 0.05) is 10.8 Å². The normalized spacial score (nSPS) is 11.1. The average molecular weight is 428 g/mol. The Labute approximate surface area is 183 Å². The molecule has 0 aliphatic heterocycles. The molecule has 0 bridgehead atoms. The molecule has 6 heteroatoms. The lowest BCUT2D eigenvalue weighted by atomic mass is 10.1. The van der Waals surface area contributed by atoms with Crippen molar-refractivity contribution < 1.29 is 23.0 Å². The largest absolute Gasteiger partial charge is 0.492 e. The SMILES string of the molecule is COc1c(-c2cc3ccccc3o2)cc(-c2cc3ccccc3o2)c(OC)c(=O)c1OC. The quantitative estimate of drug-likeness (QED) is 0.347. The van der Waals surface area contributed by atoms with Crippen LogP contribution in [0.5, 0.6) is 17.2 Å². The Kier molecular flexibility index (Phi) is 4.82. The first-order valence-electron chi connectivity index (χ1n) is 9.99. The molecule has 2 heterocycles. The molecule has 6 nitrogen and oxygen atoms in total. The molecule has 0 amide bonds. The van der Waals surface area contributed by atoms with Gasteiger partial charge >= 0.3 is 0 Å². The Hall–Kier alpha value is -4.19.